The average Bonchev–Trinajstić information content (AvgIpc) is 2.96. The van der Waals surface area contributed by atoms with Crippen LogP contribution in [-0.2, 0) is 16.1 Å². The van der Waals surface area contributed by atoms with Gasteiger partial charge in [-0.25, -0.2) is 0 Å². The summed E-state index contributed by atoms with van der Waals surface area (Å²) in [5.74, 6) is -0.263. The SMILES string of the molecule is COCCn1c(=NC(=O)/C=C/c2ccccc2)sc2c(C)cc(C)cc21. The van der Waals surface area contributed by atoms with Gasteiger partial charge in [0.2, 0.25) is 0 Å². The zero-order valence-electron chi connectivity index (χ0n) is 15.2. The Labute approximate surface area is 157 Å². The Morgan fingerprint density at radius 2 is 2.00 bits per heavy atom. The molecule has 0 saturated heterocycles. The van der Waals surface area contributed by atoms with Gasteiger partial charge in [-0.05, 0) is 42.7 Å². The summed E-state index contributed by atoms with van der Waals surface area (Å²) < 4.78 is 8.46. The number of benzene rings is 2. The minimum Gasteiger partial charge on any atom is -0.383 e. The average molecular weight is 366 g/mol. The number of nitrogens with zero attached hydrogens (tertiary/aromatic N) is 2. The number of fused-ring (bicyclic) bond motifs is 1. The predicted octanol–water partition coefficient (Wildman–Crippen LogP) is 4.11. The van der Waals surface area contributed by atoms with Crippen LogP contribution in [-0.4, -0.2) is 24.2 Å². The van der Waals surface area contributed by atoms with Crippen molar-refractivity contribution in [3.63, 3.8) is 0 Å². The first kappa shape index (κ1) is 18.3. The van der Waals surface area contributed by atoms with Crippen LogP contribution in [0.25, 0.3) is 16.3 Å². The summed E-state index contributed by atoms with van der Waals surface area (Å²) in [6.45, 7) is 5.40. The van der Waals surface area contributed by atoms with Gasteiger partial charge in [0.15, 0.2) is 4.80 Å². The van der Waals surface area contributed by atoms with Crippen molar-refractivity contribution in [2.24, 2.45) is 4.99 Å². The fraction of sp³-hybridized carbons (Fsp3) is 0.238. The molecule has 3 rings (SSSR count). The molecule has 4 nitrogen and oxygen atoms in total. The Kier molecular flexibility index (Phi) is 5.81. The van der Waals surface area contributed by atoms with Crippen molar-refractivity contribution in [2.75, 3.05) is 13.7 Å². The molecule has 0 spiro atoms. The van der Waals surface area contributed by atoms with Crippen LogP contribution in [0.15, 0.2) is 53.5 Å². The third-order valence-electron chi connectivity index (χ3n) is 4.06. The summed E-state index contributed by atoms with van der Waals surface area (Å²) in [6, 6.07) is 14.0. The van der Waals surface area contributed by atoms with Gasteiger partial charge in [0.05, 0.1) is 16.8 Å². The molecule has 1 aromatic heterocycles. The van der Waals surface area contributed by atoms with Gasteiger partial charge in [-0.3, -0.25) is 4.79 Å². The number of thiazole rings is 1. The Morgan fingerprint density at radius 3 is 2.73 bits per heavy atom. The van der Waals surface area contributed by atoms with E-state index in [1.54, 1.807) is 24.5 Å². The third-order valence-corrected chi connectivity index (χ3v) is 5.29. The molecular formula is C21H22N2O2S. The molecule has 26 heavy (non-hydrogen) atoms. The zero-order chi connectivity index (χ0) is 18.5. The van der Waals surface area contributed by atoms with Gasteiger partial charge in [0.1, 0.15) is 0 Å². The van der Waals surface area contributed by atoms with E-state index in [1.807, 2.05) is 30.3 Å². The topological polar surface area (TPSA) is 43.6 Å². The Morgan fingerprint density at radius 1 is 1.23 bits per heavy atom. The maximum absolute atomic E-state index is 12.3. The van der Waals surface area contributed by atoms with E-state index in [9.17, 15) is 4.79 Å². The first-order chi connectivity index (χ1) is 12.6. The lowest BCUT2D eigenvalue weighted by Crippen LogP contribution is -2.19. The van der Waals surface area contributed by atoms with Crippen LogP contribution in [0.1, 0.15) is 16.7 Å². The minimum absolute atomic E-state index is 0.263. The van der Waals surface area contributed by atoms with Crippen molar-refractivity contribution in [3.05, 3.63) is 70.0 Å². The highest BCUT2D eigenvalue weighted by Crippen LogP contribution is 2.23. The number of hydrogen-bond donors (Lipinski definition) is 0. The van der Waals surface area contributed by atoms with Gasteiger partial charge >= 0.3 is 0 Å². The van der Waals surface area contributed by atoms with E-state index in [4.69, 9.17) is 4.74 Å². The molecule has 0 aliphatic carbocycles. The Balaban J connectivity index is 2.02. The lowest BCUT2D eigenvalue weighted by Gasteiger charge is -2.05. The van der Waals surface area contributed by atoms with Gasteiger partial charge in [-0.2, -0.15) is 4.99 Å². The van der Waals surface area contributed by atoms with Gasteiger partial charge in [-0.1, -0.05) is 47.7 Å². The smallest absolute Gasteiger partial charge is 0.272 e. The van der Waals surface area contributed by atoms with E-state index in [-0.39, 0.29) is 5.91 Å². The number of methoxy groups -OCH3 is 1. The first-order valence-electron chi connectivity index (χ1n) is 8.50. The Bertz CT molecular complexity index is 1010. The van der Waals surface area contributed by atoms with E-state index >= 15 is 0 Å². The highest BCUT2D eigenvalue weighted by molar-refractivity contribution is 7.16. The van der Waals surface area contributed by atoms with Crippen molar-refractivity contribution in [1.82, 2.24) is 4.57 Å². The van der Waals surface area contributed by atoms with Crippen LogP contribution in [0.5, 0.6) is 0 Å². The molecule has 134 valence electrons. The van der Waals surface area contributed by atoms with E-state index in [0.717, 1.165) is 15.8 Å². The summed E-state index contributed by atoms with van der Waals surface area (Å²) in [7, 11) is 1.68. The number of hydrogen-bond acceptors (Lipinski definition) is 3. The maximum atomic E-state index is 12.3. The molecule has 0 atom stereocenters. The zero-order valence-corrected chi connectivity index (χ0v) is 16.0. The molecule has 0 unspecified atom stereocenters. The molecule has 0 aliphatic rings. The second kappa shape index (κ2) is 8.25. The molecule has 0 radical (unpaired) electrons. The lowest BCUT2D eigenvalue weighted by molar-refractivity contribution is -0.113. The molecule has 0 saturated carbocycles. The number of aryl methyl sites for hydroxylation is 2. The molecule has 0 N–H and O–H groups in total. The van der Waals surface area contributed by atoms with Gasteiger partial charge in [0, 0.05) is 19.7 Å². The molecule has 3 aromatic rings. The van der Waals surface area contributed by atoms with Crippen LogP contribution < -0.4 is 4.80 Å². The first-order valence-corrected chi connectivity index (χ1v) is 9.31. The quantitative estimate of drug-likeness (QED) is 0.638. The van der Waals surface area contributed by atoms with E-state index in [1.165, 1.54) is 17.2 Å². The summed E-state index contributed by atoms with van der Waals surface area (Å²) in [5.41, 5.74) is 4.47. The fourth-order valence-corrected chi connectivity index (χ4v) is 3.97. The highest BCUT2D eigenvalue weighted by atomic mass is 32.1. The van der Waals surface area contributed by atoms with Gasteiger partial charge in [0.25, 0.3) is 5.91 Å². The molecule has 5 heteroatoms. The van der Waals surface area contributed by atoms with Crippen molar-refractivity contribution in [1.29, 1.82) is 0 Å². The predicted molar refractivity (Wildman–Crippen MR) is 107 cm³/mol. The van der Waals surface area contributed by atoms with Crippen molar-refractivity contribution in [2.45, 2.75) is 20.4 Å². The number of ether oxygens (including phenoxy) is 1. The minimum atomic E-state index is -0.263. The van der Waals surface area contributed by atoms with Crippen molar-refractivity contribution >= 4 is 33.5 Å². The van der Waals surface area contributed by atoms with E-state index in [0.29, 0.717) is 18.0 Å². The normalized spacial score (nSPS) is 12.3. The van der Waals surface area contributed by atoms with Crippen LogP contribution in [0, 0.1) is 13.8 Å². The molecular weight excluding hydrogens is 344 g/mol. The second-order valence-corrected chi connectivity index (χ2v) is 7.13. The molecule has 1 heterocycles. The molecule has 0 fully saturated rings. The molecule has 0 aliphatic heterocycles. The lowest BCUT2D eigenvalue weighted by atomic mass is 10.1. The van der Waals surface area contributed by atoms with Crippen molar-refractivity contribution in [3.8, 4) is 0 Å². The van der Waals surface area contributed by atoms with Crippen LogP contribution >= 0.6 is 11.3 Å². The fourth-order valence-electron chi connectivity index (χ4n) is 2.86. The molecule has 0 bridgehead atoms. The number of rotatable bonds is 5. The monoisotopic (exact) mass is 366 g/mol. The van der Waals surface area contributed by atoms with E-state index < -0.39 is 0 Å². The van der Waals surface area contributed by atoms with Gasteiger partial charge < -0.3 is 9.30 Å². The van der Waals surface area contributed by atoms with E-state index in [2.05, 4.69) is 35.5 Å². The van der Waals surface area contributed by atoms with Gasteiger partial charge in [-0.15, -0.1) is 0 Å². The Hall–Kier alpha value is -2.50. The van der Waals surface area contributed by atoms with Crippen molar-refractivity contribution < 1.29 is 9.53 Å². The third kappa shape index (κ3) is 4.18. The summed E-state index contributed by atoms with van der Waals surface area (Å²) in [4.78, 5) is 17.4. The number of carbonyl (C=O) groups excluding carboxylic acids is 1. The second-order valence-electron chi connectivity index (χ2n) is 6.15. The summed E-state index contributed by atoms with van der Waals surface area (Å²) >= 11 is 1.55. The maximum Gasteiger partial charge on any atom is 0.272 e. The number of amides is 1. The van der Waals surface area contributed by atoms with Crippen LogP contribution in [0.2, 0.25) is 0 Å². The van der Waals surface area contributed by atoms with Crippen LogP contribution in [0.4, 0.5) is 0 Å². The largest absolute Gasteiger partial charge is 0.383 e. The molecule has 1 amide bonds. The number of aromatic nitrogens is 1. The highest BCUT2D eigenvalue weighted by Gasteiger charge is 2.10. The standard InChI is InChI=1S/C21H22N2O2S/c1-15-13-16(2)20-18(14-15)23(11-12-25-3)21(26-20)22-19(24)10-9-17-7-5-4-6-8-17/h4-10,13-14H,11-12H2,1-3H3/b10-9+,22-21?. The molecule has 2 aromatic carbocycles. The number of carbonyl (C=O) groups is 1. The summed E-state index contributed by atoms with van der Waals surface area (Å²) in [5, 5.41) is 0. The van der Waals surface area contributed by atoms with Crippen LogP contribution in [0.3, 0.4) is 0 Å². The summed E-state index contributed by atoms with van der Waals surface area (Å²) in [6.07, 6.45) is 3.30.